The lowest BCUT2D eigenvalue weighted by molar-refractivity contribution is -0.134. The van der Waals surface area contributed by atoms with E-state index in [9.17, 15) is 4.79 Å². The number of piperidine rings is 2. The van der Waals surface area contributed by atoms with Crippen molar-refractivity contribution in [2.24, 2.45) is 5.92 Å². The molecule has 3 fully saturated rings. The minimum Gasteiger partial charge on any atom is -0.382 e. The first-order chi connectivity index (χ1) is 13.2. The molecular formula is C22H28N4O. The Hall–Kier alpha value is -2.14. The lowest BCUT2D eigenvalue weighted by atomic mass is 10.0. The number of fused-ring (bicyclic) bond motifs is 2. The highest BCUT2D eigenvalue weighted by Crippen LogP contribution is 2.47. The van der Waals surface area contributed by atoms with Crippen LogP contribution in [0.15, 0.2) is 36.5 Å². The summed E-state index contributed by atoms with van der Waals surface area (Å²) in [6.07, 6.45) is 6.44. The Morgan fingerprint density at radius 3 is 2.81 bits per heavy atom. The molecule has 0 radical (unpaired) electrons. The third-order valence-electron chi connectivity index (χ3n) is 6.60. The maximum absolute atomic E-state index is 12.7. The molecule has 3 heterocycles. The van der Waals surface area contributed by atoms with Crippen molar-refractivity contribution in [2.75, 3.05) is 25.0 Å². The van der Waals surface area contributed by atoms with E-state index in [0.29, 0.717) is 30.6 Å². The normalized spacial score (nSPS) is 28.3. The van der Waals surface area contributed by atoms with Crippen LogP contribution in [0.25, 0.3) is 10.9 Å². The minimum atomic E-state index is 0.346. The van der Waals surface area contributed by atoms with Crippen molar-refractivity contribution in [1.82, 2.24) is 14.8 Å². The second-order valence-corrected chi connectivity index (χ2v) is 8.52. The largest absolute Gasteiger partial charge is 0.382 e. The lowest BCUT2D eigenvalue weighted by Crippen LogP contribution is -2.47. The van der Waals surface area contributed by atoms with Crippen LogP contribution in [0, 0.1) is 5.92 Å². The number of pyridine rings is 1. The van der Waals surface area contributed by atoms with Gasteiger partial charge in [0.15, 0.2) is 0 Å². The molecule has 0 bridgehead atoms. The van der Waals surface area contributed by atoms with E-state index in [4.69, 9.17) is 0 Å². The summed E-state index contributed by atoms with van der Waals surface area (Å²) in [7, 11) is 0. The Bertz CT molecular complexity index is 838. The number of hydrogen-bond donors (Lipinski definition) is 1. The Morgan fingerprint density at radius 2 is 2.04 bits per heavy atom. The lowest BCUT2D eigenvalue weighted by Gasteiger charge is -2.34. The number of carbonyl (C=O) groups excluding carboxylic acids is 1. The number of aromatic nitrogens is 1. The number of amides is 1. The van der Waals surface area contributed by atoms with Gasteiger partial charge in [0.25, 0.3) is 0 Å². The average Bonchev–Trinajstić information content (AvgIpc) is 3.34. The first kappa shape index (κ1) is 17.0. The van der Waals surface area contributed by atoms with E-state index < -0.39 is 0 Å². The predicted octanol–water partition coefficient (Wildman–Crippen LogP) is 3.12. The number of hydrogen-bond acceptors (Lipinski definition) is 4. The summed E-state index contributed by atoms with van der Waals surface area (Å²) >= 11 is 0. The molecule has 5 nitrogen and oxygen atoms in total. The summed E-state index contributed by atoms with van der Waals surface area (Å²) in [5.74, 6) is 1.15. The molecule has 0 spiro atoms. The maximum atomic E-state index is 12.7. The van der Waals surface area contributed by atoms with E-state index in [-0.39, 0.29) is 0 Å². The molecule has 5 rings (SSSR count). The Kier molecular flexibility index (Phi) is 4.27. The third-order valence-corrected chi connectivity index (χ3v) is 6.60. The Morgan fingerprint density at radius 1 is 1.19 bits per heavy atom. The molecule has 3 aliphatic rings. The SMILES string of the molecule is C[C@@H]1C[C@@H]2CC2N1C(=O)CN1CCC(Nc2cccc3ncccc23)CC1. The molecular weight excluding hydrogens is 336 g/mol. The first-order valence-electron chi connectivity index (χ1n) is 10.3. The number of nitrogens with one attached hydrogen (secondary N) is 1. The monoisotopic (exact) mass is 364 g/mol. The van der Waals surface area contributed by atoms with Gasteiger partial charge in [-0.15, -0.1) is 0 Å². The van der Waals surface area contributed by atoms with Crippen LogP contribution in [0.5, 0.6) is 0 Å². The van der Waals surface area contributed by atoms with Gasteiger partial charge < -0.3 is 10.2 Å². The molecule has 1 N–H and O–H groups in total. The van der Waals surface area contributed by atoms with Crippen LogP contribution in [-0.2, 0) is 4.79 Å². The highest BCUT2D eigenvalue weighted by Gasteiger charge is 2.52. The van der Waals surface area contributed by atoms with Gasteiger partial charge in [0, 0.05) is 48.5 Å². The molecule has 1 amide bonds. The number of likely N-dealkylation sites (tertiary alicyclic amines) is 2. The Labute approximate surface area is 160 Å². The van der Waals surface area contributed by atoms with Crippen LogP contribution in [0.4, 0.5) is 5.69 Å². The third kappa shape index (κ3) is 3.29. The van der Waals surface area contributed by atoms with E-state index in [1.165, 1.54) is 23.9 Å². The van der Waals surface area contributed by atoms with Gasteiger partial charge >= 0.3 is 0 Å². The molecule has 2 aliphatic heterocycles. The number of benzene rings is 1. The van der Waals surface area contributed by atoms with E-state index in [0.717, 1.165) is 37.4 Å². The van der Waals surface area contributed by atoms with Gasteiger partial charge in [-0.1, -0.05) is 6.07 Å². The predicted molar refractivity (Wildman–Crippen MR) is 108 cm³/mol. The van der Waals surface area contributed by atoms with Crippen molar-refractivity contribution in [3.8, 4) is 0 Å². The summed E-state index contributed by atoms with van der Waals surface area (Å²) in [4.78, 5) is 21.7. The topological polar surface area (TPSA) is 48.5 Å². The van der Waals surface area contributed by atoms with Crippen LogP contribution in [0.3, 0.4) is 0 Å². The number of anilines is 1. The number of nitrogens with zero attached hydrogens (tertiary/aromatic N) is 3. The van der Waals surface area contributed by atoms with E-state index >= 15 is 0 Å². The van der Waals surface area contributed by atoms with Crippen LogP contribution < -0.4 is 5.32 Å². The van der Waals surface area contributed by atoms with Crippen LogP contribution in [0.1, 0.15) is 32.6 Å². The van der Waals surface area contributed by atoms with Crippen LogP contribution in [0.2, 0.25) is 0 Å². The van der Waals surface area contributed by atoms with Gasteiger partial charge in [-0.05, 0) is 62.8 Å². The molecule has 1 unspecified atom stereocenters. The molecule has 142 valence electrons. The van der Waals surface area contributed by atoms with E-state index in [1.54, 1.807) is 0 Å². The summed E-state index contributed by atoms with van der Waals surface area (Å²) in [6.45, 7) is 4.78. The maximum Gasteiger partial charge on any atom is 0.237 e. The molecule has 3 atom stereocenters. The number of carbonyl (C=O) groups is 1. The van der Waals surface area contributed by atoms with Crippen molar-refractivity contribution in [3.63, 3.8) is 0 Å². The zero-order chi connectivity index (χ0) is 18.4. The van der Waals surface area contributed by atoms with Gasteiger partial charge in [0.05, 0.1) is 12.1 Å². The summed E-state index contributed by atoms with van der Waals surface area (Å²) in [6, 6.07) is 11.8. The quantitative estimate of drug-likeness (QED) is 0.906. The summed E-state index contributed by atoms with van der Waals surface area (Å²) in [5.41, 5.74) is 2.20. The van der Waals surface area contributed by atoms with Crippen molar-refractivity contribution in [1.29, 1.82) is 0 Å². The standard InChI is InChI=1S/C22H28N4O/c1-15-12-16-13-21(16)26(15)22(27)14-25-10-7-17(8-11-25)24-20-6-2-5-19-18(20)4-3-9-23-19/h2-6,9,15-17,21,24H,7-8,10-14H2,1H3/t15-,16-,21?/m1/s1. The molecule has 1 aromatic heterocycles. The molecule has 2 saturated heterocycles. The highest BCUT2D eigenvalue weighted by atomic mass is 16.2. The summed E-state index contributed by atoms with van der Waals surface area (Å²) < 4.78 is 0. The fourth-order valence-corrected chi connectivity index (χ4v) is 5.09. The molecule has 5 heteroatoms. The van der Waals surface area contributed by atoms with Crippen LogP contribution >= 0.6 is 0 Å². The van der Waals surface area contributed by atoms with Crippen molar-refractivity contribution < 1.29 is 4.79 Å². The van der Waals surface area contributed by atoms with Gasteiger partial charge in [0.2, 0.25) is 5.91 Å². The van der Waals surface area contributed by atoms with Gasteiger partial charge in [-0.3, -0.25) is 14.7 Å². The smallest absolute Gasteiger partial charge is 0.237 e. The van der Waals surface area contributed by atoms with Crippen molar-refractivity contribution >= 4 is 22.5 Å². The Balaban J connectivity index is 1.16. The average molecular weight is 364 g/mol. The molecule has 2 aromatic rings. The summed E-state index contributed by atoms with van der Waals surface area (Å²) in [5, 5.41) is 4.89. The highest BCUT2D eigenvalue weighted by molar-refractivity contribution is 5.91. The molecule has 1 saturated carbocycles. The second-order valence-electron chi connectivity index (χ2n) is 8.52. The zero-order valence-corrected chi connectivity index (χ0v) is 16.0. The number of rotatable bonds is 4. The fraction of sp³-hybridized carbons (Fsp3) is 0.545. The van der Waals surface area contributed by atoms with Gasteiger partial charge in [-0.25, -0.2) is 0 Å². The first-order valence-corrected chi connectivity index (χ1v) is 10.3. The van der Waals surface area contributed by atoms with Gasteiger partial charge in [0.1, 0.15) is 0 Å². The van der Waals surface area contributed by atoms with Crippen LogP contribution in [-0.4, -0.2) is 58.5 Å². The van der Waals surface area contributed by atoms with Gasteiger partial charge in [-0.2, -0.15) is 0 Å². The fourth-order valence-electron chi connectivity index (χ4n) is 5.09. The van der Waals surface area contributed by atoms with E-state index in [2.05, 4.69) is 51.3 Å². The molecule has 1 aromatic carbocycles. The molecule has 1 aliphatic carbocycles. The second kappa shape index (κ2) is 6.79. The van der Waals surface area contributed by atoms with Crippen molar-refractivity contribution in [2.45, 2.75) is 50.7 Å². The zero-order valence-electron chi connectivity index (χ0n) is 16.0. The van der Waals surface area contributed by atoms with Crippen molar-refractivity contribution in [3.05, 3.63) is 36.5 Å². The van der Waals surface area contributed by atoms with E-state index in [1.807, 2.05) is 12.3 Å². The minimum absolute atomic E-state index is 0.346. The molecule has 27 heavy (non-hydrogen) atoms.